The van der Waals surface area contributed by atoms with Gasteiger partial charge in [-0.3, -0.25) is 0 Å². The summed E-state index contributed by atoms with van der Waals surface area (Å²) in [6.45, 7) is 6.59. The second-order valence-corrected chi connectivity index (χ2v) is 4.99. The maximum Gasteiger partial charge on any atom is 0.109 e. The third-order valence-corrected chi connectivity index (χ3v) is 3.54. The van der Waals surface area contributed by atoms with Crippen molar-refractivity contribution in [3.05, 3.63) is 16.6 Å². The van der Waals surface area contributed by atoms with Crippen molar-refractivity contribution in [2.75, 3.05) is 6.54 Å². The van der Waals surface area contributed by atoms with E-state index in [9.17, 15) is 5.11 Å². The Labute approximate surface area is 95.6 Å². The molecule has 1 aromatic rings. The minimum atomic E-state index is -0.620. The Kier molecular flexibility index (Phi) is 4.70. The summed E-state index contributed by atoms with van der Waals surface area (Å²) in [7, 11) is 0. The molecular formula is C11H20N2OS. The standard InChI is InChI=1S/C11H20N2OS/c1-4-9(10-12-6-7-15-10)13-8-11(3,14)5-2/h6-7,9,13-14H,4-5,8H2,1-3H3. The van der Waals surface area contributed by atoms with Crippen LogP contribution in [0.5, 0.6) is 0 Å². The highest BCUT2D eigenvalue weighted by atomic mass is 32.1. The summed E-state index contributed by atoms with van der Waals surface area (Å²) in [6.07, 6.45) is 3.57. The second-order valence-electron chi connectivity index (χ2n) is 4.06. The summed E-state index contributed by atoms with van der Waals surface area (Å²) < 4.78 is 0. The maximum absolute atomic E-state index is 9.89. The molecule has 86 valence electrons. The fourth-order valence-electron chi connectivity index (χ4n) is 1.28. The van der Waals surface area contributed by atoms with Crippen molar-refractivity contribution in [3.8, 4) is 0 Å². The number of hydrogen-bond acceptors (Lipinski definition) is 4. The lowest BCUT2D eigenvalue weighted by atomic mass is 10.0. The zero-order chi connectivity index (χ0) is 11.3. The lowest BCUT2D eigenvalue weighted by molar-refractivity contribution is 0.0526. The molecule has 0 saturated heterocycles. The molecule has 0 aliphatic rings. The van der Waals surface area contributed by atoms with Crippen LogP contribution in [-0.2, 0) is 0 Å². The number of hydrogen-bond donors (Lipinski definition) is 2. The molecule has 2 atom stereocenters. The molecule has 2 N–H and O–H groups in total. The summed E-state index contributed by atoms with van der Waals surface area (Å²) in [5, 5.41) is 16.3. The predicted octanol–water partition coefficient (Wildman–Crippen LogP) is 2.34. The average molecular weight is 228 g/mol. The molecule has 4 heteroatoms. The van der Waals surface area contributed by atoms with Gasteiger partial charge in [-0.15, -0.1) is 11.3 Å². The van der Waals surface area contributed by atoms with Crippen molar-refractivity contribution in [3.63, 3.8) is 0 Å². The Hall–Kier alpha value is -0.450. The zero-order valence-electron chi connectivity index (χ0n) is 9.66. The molecular weight excluding hydrogens is 208 g/mol. The van der Waals surface area contributed by atoms with Gasteiger partial charge in [-0.2, -0.15) is 0 Å². The fraction of sp³-hybridized carbons (Fsp3) is 0.727. The van der Waals surface area contributed by atoms with Gasteiger partial charge in [0.25, 0.3) is 0 Å². The average Bonchev–Trinajstić information content (AvgIpc) is 2.72. The first-order valence-electron chi connectivity index (χ1n) is 5.44. The minimum Gasteiger partial charge on any atom is -0.389 e. The molecule has 0 aliphatic heterocycles. The van der Waals surface area contributed by atoms with Gasteiger partial charge in [0.05, 0.1) is 11.6 Å². The van der Waals surface area contributed by atoms with Gasteiger partial charge in [0, 0.05) is 18.1 Å². The molecule has 0 fully saturated rings. The molecule has 2 unspecified atom stereocenters. The van der Waals surface area contributed by atoms with Crippen LogP contribution in [0.25, 0.3) is 0 Å². The number of nitrogens with zero attached hydrogens (tertiary/aromatic N) is 1. The monoisotopic (exact) mass is 228 g/mol. The van der Waals surface area contributed by atoms with E-state index in [2.05, 4.69) is 17.2 Å². The Balaban J connectivity index is 2.49. The minimum absolute atomic E-state index is 0.267. The molecule has 0 saturated carbocycles. The van der Waals surface area contributed by atoms with E-state index in [0.717, 1.165) is 17.8 Å². The van der Waals surface area contributed by atoms with Crippen LogP contribution in [0, 0.1) is 0 Å². The van der Waals surface area contributed by atoms with Gasteiger partial charge in [0.2, 0.25) is 0 Å². The van der Waals surface area contributed by atoms with Crippen LogP contribution in [0.4, 0.5) is 0 Å². The number of nitrogens with one attached hydrogen (secondary N) is 1. The Morgan fingerprint density at radius 1 is 1.60 bits per heavy atom. The molecule has 15 heavy (non-hydrogen) atoms. The Morgan fingerprint density at radius 2 is 2.33 bits per heavy atom. The molecule has 1 heterocycles. The summed E-state index contributed by atoms with van der Waals surface area (Å²) in [5.41, 5.74) is -0.620. The largest absolute Gasteiger partial charge is 0.389 e. The molecule has 0 spiro atoms. The summed E-state index contributed by atoms with van der Waals surface area (Å²) >= 11 is 1.66. The van der Waals surface area contributed by atoms with Gasteiger partial charge in [0.1, 0.15) is 5.01 Å². The van der Waals surface area contributed by atoms with E-state index in [1.165, 1.54) is 0 Å². The van der Waals surface area contributed by atoms with E-state index in [0.29, 0.717) is 6.54 Å². The normalized spacial score (nSPS) is 17.3. The summed E-state index contributed by atoms with van der Waals surface area (Å²) in [4.78, 5) is 4.29. The Bertz CT molecular complexity index is 272. The van der Waals surface area contributed by atoms with Gasteiger partial charge in [0.15, 0.2) is 0 Å². The predicted molar refractivity (Wildman–Crippen MR) is 64.1 cm³/mol. The van der Waals surface area contributed by atoms with Crippen molar-refractivity contribution < 1.29 is 5.11 Å². The quantitative estimate of drug-likeness (QED) is 0.785. The SMILES string of the molecule is CCC(NCC(C)(O)CC)c1nccs1. The molecule has 0 bridgehead atoms. The van der Waals surface area contributed by atoms with Crippen molar-refractivity contribution in [2.24, 2.45) is 0 Å². The van der Waals surface area contributed by atoms with Gasteiger partial charge < -0.3 is 10.4 Å². The maximum atomic E-state index is 9.89. The summed E-state index contributed by atoms with van der Waals surface area (Å²) in [6, 6.07) is 0.267. The highest BCUT2D eigenvalue weighted by Crippen LogP contribution is 2.19. The first-order valence-corrected chi connectivity index (χ1v) is 6.32. The van der Waals surface area contributed by atoms with Crippen molar-refractivity contribution in [1.29, 1.82) is 0 Å². The van der Waals surface area contributed by atoms with E-state index in [-0.39, 0.29) is 6.04 Å². The molecule has 0 aromatic carbocycles. The lowest BCUT2D eigenvalue weighted by Crippen LogP contribution is -2.38. The van der Waals surface area contributed by atoms with Crippen LogP contribution in [0.2, 0.25) is 0 Å². The summed E-state index contributed by atoms with van der Waals surface area (Å²) in [5.74, 6) is 0. The molecule has 1 aromatic heterocycles. The fourth-order valence-corrected chi connectivity index (χ4v) is 2.08. The van der Waals surface area contributed by atoms with Crippen LogP contribution >= 0.6 is 11.3 Å². The van der Waals surface area contributed by atoms with Gasteiger partial charge in [-0.05, 0) is 19.8 Å². The van der Waals surface area contributed by atoms with Crippen molar-refractivity contribution >= 4 is 11.3 Å². The first-order chi connectivity index (χ1) is 7.09. The highest BCUT2D eigenvalue weighted by Gasteiger charge is 2.20. The number of aromatic nitrogens is 1. The second kappa shape index (κ2) is 5.58. The van der Waals surface area contributed by atoms with Crippen LogP contribution in [0.3, 0.4) is 0 Å². The van der Waals surface area contributed by atoms with Crippen LogP contribution < -0.4 is 5.32 Å². The van der Waals surface area contributed by atoms with E-state index in [1.807, 2.05) is 25.4 Å². The van der Waals surface area contributed by atoms with Crippen molar-refractivity contribution in [2.45, 2.75) is 45.3 Å². The van der Waals surface area contributed by atoms with Crippen LogP contribution in [-0.4, -0.2) is 22.2 Å². The third-order valence-electron chi connectivity index (χ3n) is 2.65. The van der Waals surface area contributed by atoms with Gasteiger partial charge >= 0.3 is 0 Å². The zero-order valence-corrected chi connectivity index (χ0v) is 10.5. The molecule has 1 rings (SSSR count). The number of thiazole rings is 1. The molecule has 0 amide bonds. The van der Waals surface area contributed by atoms with E-state index < -0.39 is 5.60 Å². The van der Waals surface area contributed by atoms with Gasteiger partial charge in [-0.25, -0.2) is 4.98 Å². The smallest absolute Gasteiger partial charge is 0.109 e. The van der Waals surface area contributed by atoms with Crippen LogP contribution in [0.1, 0.15) is 44.7 Å². The van der Waals surface area contributed by atoms with Crippen LogP contribution in [0.15, 0.2) is 11.6 Å². The number of aliphatic hydroxyl groups is 1. The van der Waals surface area contributed by atoms with Crippen molar-refractivity contribution in [1.82, 2.24) is 10.3 Å². The topological polar surface area (TPSA) is 45.1 Å². The van der Waals surface area contributed by atoms with E-state index in [1.54, 1.807) is 11.3 Å². The molecule has 0 radical (unpaired) electrons. The van der Waals surface area contributed by atoms with Gasteiger partial charge in [-0.1, -0.05) is 13.8 Å². The lowest BCUT2D eigenvalue weighted by Gasteiger charge is -2.24. The van der Waals surface area contributed by atoms with E-state index in [4.69, 9.17) is 0 Å². The molecule has 0 aliphatic carbocycles. The number of rotatable bonds is 6. The molecule has 3 nitrogen and oxygen atoms in total. The highest BCUT2D eigenvalue weighted by molar-refractivity contribution is 7.09. The van der Waals surface area contributed by atoms with E-state index >= 15 is 0 Å². The first kappa shape index (κ1) is 12.6. The Morgan fingerprint density at radius 3 is 2.80 bits per heavy atom. The third kappa shape index (κ3) is 3.89.